The SMILES string of the molecule is Cc1cc(N)cc(-c2cnccc2C)c1. The molecule has 2 N–H and O–H groups in total. The first-order chi connectivity index (χ1) is 7.16. The van der Waals surface area contributed by atoms with E-state index < -0.39 is 0 Å². The number of hydrogen-bond donors (Lipinski definition) is 1. The van der Waals surface area contributed by atoms with Gasteiger partial charge in [0.05, 0.1) is 0 Å². The lowest BCUT2D eigenvalue weighted by atomic mass is 10.0. The second-order valence-corrected chi connectivity index (χ2v) is 3.82. The van der Waals surface area contributed by atoms with E-state index in [9.17, 15) is 0 Å². The Bertz CT molecular complexity index is 469. The molecule has 1 aromatic carbocycles. The van der Waals surface area contributed by atoms with Crippen molar-refractivity contribution in [2.45, 2.75) is 13.8 Å². The van der Waals surface area contributed by atoms with Crippen LogP contribution in [-0.4, -0.2) is 4.98 Å². The predicted molar refractivity (Wildman–Crippen MR) is 63.6 cm³/mol. The van der Waals surface area contributed by atoms with Gasteiger partial charge in [-0.25, -0.2) is 0 Å². The molecule has 1 heterocycles. The summed E-state index contributed by atoms with van der Waals surface area (Å²) in [5, 5.41) is 0. The summed E-state index contributed by atoms with van der Waals surface area (Å²) in [4.78, 5) is 4.14. The molecule has 0 unspecified atom stereocenters. The zero-order valence-electron chi connectivity index (χ0n) is 8.99. The van der Waals surface area contributed by atoms with Crippen LogP contribution in [0.15, 0.2) is 36.7 Å². The highest BCUT2D eigenvalue weighted by atomic mass is 14.6. The van der Waals surface area contributed by atoms with E-state index >= 15 is 0 Å². The summed E-state index contributed by atoms with van der Waals surface area (Å²) in [7, 11) is 0. The molecule has 0 fully saturated rings. The van der Waals surface area contributed by atoms with E-state index in [1.807, 2.05) is 31.3 Å². The van der Waals surface area contributed by atoms with E-state index in [2.05, 4.69) is 18.0 Å². The molecular formula is C13H14N2. The van der Waals surface area contributed by atoms with E-state index in [4.69, 9.17) is 5.73 Å². The van der Waals surface area contributed by atoms with Crippen molar-refractivity contribution in [1.29, 1.82) is 0 Å². The van der Waals surface area contributed by atoms with Crippen molar-refractivity contribution in [2.75, 3.05) is 5.73 Å². The van der Waals surface area contributed by atoms with Gasteiger partial charge < -0.3 is 5.73 Å². The van der Waals surface area contributed by atoms with E-state index in [-0.39, 0.29) is 0 Å². The number of nitrogens with two attached hydrogens (primary N) is 1. The molecule has 15 heavy (non-hydrogen) atoms. The normalized spacial score (nSPS) is 10.3. The smallest absolute Gasteiger partial charge is 0.0349 e. The Labute approximate surface area is 89.8 Å². The van der Waals surface area contributed by atoms with Crippen LogP contribution in [0.5, 0.6) is 0 Å². The predicted octanol–water partition coefficient (Wildman–Crippen LogP) is 2.95. The highest BCUT2D eigenvalue weighted by Gasteiger charge is 2.02. The van der Waals surface area contributed by atoms with Crippen molar-refractivity contribution in [3.8, 4) is 11.1 Å². The Hall–Kier alpha value is -1.83. The third-order valence-corrected chi connectivity index (χ3v) is 2.45. The number of pyridine rings is 1. The Balaban J connectivity index is 2.59. The average molecular weight is 198 g/mol. The first kappa shape index (κ1) is 9.71. The molecule has 0 aliphatic heterocycles. The fourth-order valence-corrected chi connectivity index (χ4v) is 1.73. The topological polar surface area (TPSA) is 38.9 Å². The second-order valence-electron chi connectivity index (χ2n) is 3.82. The third kappa shape index (κ3) is 1.99. The molecule has 2 nitrogen and oxygen atoms in total. The van der Waals surface area contributed by atoms with Crippen LogP contribution in [0.1, 0.15) is 11.1 Å². The highest BCUT2D eigenvalue weighted by Crippen LogP contribution is 2.25. The van der Waals surface area contributed by atoms with Gasteiger partial charge >= 0.3 is 0 Å². The Kier molecular flexibility index (Phi) is 2.42. The van der Waals surface area contributed by atoms with Gasteiger partial charge in [0.1, 0.15) is 0 Å². The molecule has 76 valence electrons. The second kappa shape index (κ2) is 3.73. The Morgan fingerprint density at radius 3 is 2.60 bits per heavy atom. The van der Waals surface area contributed by atoms with Gasteiger partial charge in [-0.1, -0.05) is 6.07 Å². The molecule has 2 rings (SSSR count). The lowest BCUT2D eigenvalue weighted by molar-refractivity contribution is 1.28. The number of benzene rings is 1. The molecule has 2 aromatic rings. The van der Waals surface area contributed by atoms with Crippen LogP contribution in [-0.2, 0) is 0 Å². The zero-order chi connectivity index (χ0) is 10.8. The molecule has 0 bridgehead atoms. The molecule has 0 radical (unpaired) electrons. The Morgan fingerprint density at radius 1 is 1.13 bits per heavy atom. The molecular weight excluding hydrogens is 184 g/mol. The molecule has 0 aliphatic carbocycles. The molecule has 1 aromatic heterocycles. The van der Waals surface area contributed by atoms with E-state index in [1.54, 1.807) is 6.20 Å². The van der Waals surface area contributed by atoms with Crippen molar-refractivity contribution in [3.05, 3.63) is 47.8 Å². The molecule has 0 saturated carbocycles. The monoisotopic (exact) mass is 198 g/mol. The quantitative estimate of drug-likeness (QED) is 0.715. The van der Waals surface area contributed by atoms with Crippen LogP contribution in [0.25, 0.3) is 11.1 Å². The molecule has 0 saturated heterocycles. The molecule has 0 amide bonds. The zero-order valence-corrected chi connectivity index (χ0v) is 8.99. The minimum atomic E-state index is 0.799. The first-order valence-corrected chi connectivity index (χ1v) is 4.95. The van der Waals surface area contributed by atoms with Gasteiger partial charge in [0, 0.05) is 23.6 Å². The van der Waals surface area contributed by atoms with Crippen molar-refractivity contribution in [1.82, 2.24) is 4.98 Å². The highest BCUT2D eigenvalue weighted by molar-refractivity contribution is 5.70. The van der Waals surface area contributed by atoms with Crippen molar-refractivity contribution in [2.24, 2.45) is 0 Å². The van der Waals surface area contributed by atoms with Gasteiger partial charge in [0.15, 0.2) is 0 Å². The number of nitrogens with zero attached hydrogens (tertiary/aromatic N) is 1. The lowest BCUT2D eigenvalue weighted by Gasteiger charge is -2.07. The van der Waals surface area contributed by atoms with E-state index in [0.717, 1.165) is 16.8 Å². The van der Waals surface area contributed by atoms with E-state index in [1.165, 1.54) is 11.1 Å². The largest absolute Gasteiger partial charge is 0.399 e. The summed E-state index contributed by atoms with van der Waals surface area (Å²) in [6.07, 6.45) is 3.68. The fraction of sp³-hybridized carbons (Fsp3) is 0.154. The van der Waals surface area contributed by atoms with Gasteiger partial charge in [-0.2, -0.15) is 0 Å². The van der Waals surface area contributed by atoms with Crippen molar-refractivity contribution >= 4 is 5.69 Å². The minimum Gasteiger partial charge on any atom is -0.399 e. The summed E-state index contributed by atoms with van der Waals surface area (Å²) in [6.45, 7) is 4.13. The van der Waals surface area contributed by atoms with Gasteiger partial charge in [-0.15, -0.1) is 0 Å². The number of nitrogen functional groups attached to an aromatic ring is 1. The van der Waals surface area contributed by atoms with Crippen LogP contribution >= 0.6 is 0 Å². The summed E-state index contributed by atoms with van der Waals surface area (Å²) in [5.74, 6) is 0. The Morgan fingerprint density at radius 2 is 1.93 bits per heavy atom. The lowest BCUT2D eigenvalue weighted by Crippen LogP contribution is -1.90. The van der Waals surface area contributed by atoms with Crippen LogP contribution in [0.2, 0.25) is 0 Å². The standard InChI is InChI=1S/C13H14N2/c1-9-5-11(7-12(14)6-9)13-8-15-4-3-10(13)2/h3-8H,14H2,1-2H3. The molecule has 0 atom stereocenters. The van der Waals surface area contributed by atoms with Crippen LogP contribution < -0.4 is 5.73 Å². The maximum absolute atomic E-state index is 5.83. The maximum Gasteiger partial charge on any atom is 0.0349 e. The van der Waals surface area contributed by atoms with Crippen LogP contribution in [0.4, 0.5) is 5.69 Å². The summed E-state index contributed by atoms with van der Waals surface area (Å²) in [6, 6.07) is 8.08. The fourth-order valence-electron chi connectivity index (χ4n) is 1.73. The van der Waals surface area contributed by atoms with Gasteiger partial charge in [0.2, 0.25) is 0 Å². The van der Waals surface area contributed by atoms with Gasteiger partial charge in [-0.3, -0.25) is 4.98 Å². The summed E-state index contributed by atoms with van der Waals surface area (Å²) >= 11 is 0. The first-order valence-electron chi connectivity index (χ1n) is 4.95. The van der Waals surface area contributed by atoms with Crippen LogP contribution in [0.3, 0.4) is 0 Å². The van der Waals surface area contributed by atoms with Gasteiger partial charge in [0.25, 0.3) is 0 Å². The molecule has 0 aliphatic rings. The van der Waals surface area contributed by atoms with Crippen LogP contribution in [0, 0.1) is 13.8 Å². The van der Waals surface area contributed by atoms with Crippen molar-refractivity contribution in [3.63, 3.8) is 0 Å². The number of rotatable bonds is 1. The minimum absolute atomic E-state index is 0.799. The number of hydrogen-bond acceptors (Lipinski definition) is 2. The number of aryl methyl sites for hydroxylation is 2. The van der Waals surface area contributed by atoms with Gasteiger partial charge in [-0.05, 0) is 48.7 Å². The molecule has 2 heteroatoms. The average Bonchev–Trinajstić information content (AvgIpc) is 2.16. The van der Waals surface area contributed by atoms with Crippen molar-refractivity contribution < 1.29 is 0 Å². The maximum atomic E-state index is 5.83. The molecule has 0 spiro atoms. The van der Waals surface area contributed by atoms with E-state index in [0.29, 0.717) is 0 Å². The number of aromatic nitrogens is 1. The summed E-state index contributed by atoms with van der Waals surface area (Å²) < 4.78 is 0. The summed E-state index contributed by atoms with van der Waals surface area (Å²) in [5.41, 5.74) is 11.3. The number of anilines is 1. The third-order valence-electron chi connectivity index (χ3n) is 2.45.